The van der Waals surface area contributed by atoms with Gasteiger partial charge in [-0.15, -0.1) is 0 Å². The second-order valence-corrected chi connectivity index (χ2v) is 10.6. The van der Waals surface area contributed by atoms with E-state index in [1.54, 1.807) is 7.11 Å². The Morgan fingerprint density at radius 3 is 2.56 bits per heavy atom. The highest BCUT2D eigenvalue weighted by atomic mass is 16.5. The molecule has 0 saturated carbocycles. The number of anilines is 1. The highest BCUT2D eigenvalue weighted by Gasteiger charge is 2.26. The van der Waals surface area contributed by atoms with Crippen LogP contribution >= 0.6 is 0 Å². The van der Waals surface area contributed by atoms with Gasteiger partial charge in [0.1, 0.15) is 0 Å². The Hall–Kier alpha value is -2.05. The van der Waals surface area contributed by atoms with E-state index < -0.39 is 0 Å². The van der Waals surface area contributed by atoms with E-state index in [1.165, 1.54) is 80.6 Å². The number of pyridine rings is 1. The fourth-order valence-corrected chi connectivity index (χ4v) is 5.95. The topological polar surface area (TPSA) is 49.9 Å². The van der Waals surface area contributed by atoms with Crippen molar-refractivity contribution >= 4 is 16.6 Å². The second kappa shape index (κ2) is 10.7. The number of benzene rings is 1. The van der Waals surface area contributed by atoms with Gasteiger partial charge in [0, 0.05) is 54.6 Å². The molecular weight excluding hydrogens is 424 g/mol. The first-order valence-corrected chi connectivity index (χ1v) is 13.5. The van der Waals surface area contributed by atoms with Crippen LogP contribution in [-0.4, -0.2) is 73.3 Å². The number of hydrogen-bond donors (Lipinski definition) is 1. The van der Waals surface area contributed by atoms with Gasteiger partial charge in [0.15, 0.2) is 11.5 Å². The van der Waals surface area contributed by atoms with Gasteiger partial charge in [-0.3, -0.25) is 4.98 Å². The van der Waals surface area contributed by atoms with Gasteiger partial charge in [-0.25, -0.2) is 0 Å². The molecule has 1 aliphatic carbocycles. The molecule has 1 N–H and O–H groups in total. The minimum absolute atomic E-state index is 0.512. The second-order valence-electron chi connectivity index (χ2n) is 10.6. The molecule has 0 spiro atoms. The quantitative estimate of drug-likeness (QED) is 0.532. The van der Waals surface area contributed by atoms with Crippen molar-refractivity contribution in [1.29, 1.82) is 0 Å². The summed E-state index contributed by atoms with van der Waals surface area (Å²) in [4.78, 5) is 10.2. The van der Waals surface area contributed by atoms with Crippen LogP contribution < -0.4 is 14.8 Å². The van der Waals surface area contributed by atoms with Gasteiger partial charge in [-0.2, -0.15) is 0 Å². The molecule has 3 heterocycles. The Morgan fingerprint density at radius 1 is 1.03 bits per heavy atom. The average molecular weight is 467 g/mol. The summed E-state index contributed by atoms with van der Waals surface area (Å²) in [7, 11) is 1.74. The molecule has 0 radical (unpaired) electrons. The van der Waals surface area contributed by atoms with Crippen LogP contribution in [0.15, 0.2) is 12.1 Å². The van der Waals surface area contributed by atoms with E-state index in [9.17, 15) is 0 Å². The Morgan fingerprint density at radius 2 is 1.82 bits per heavy atom. The van der Waals surface area contributed by atoms with Gasteiger partial charge < -0.3 is 24.6 Å². The number of nitrogens with one attached hydrogen (secondary N) is 1. The van der Waals surface area contributed by atoms with Crippen LogP contribution in [0.2, 0.25) is 0 Å². The van der Waals surface area contributed by atoms with E-state index in [2.05, 4.69) is 41.1 Å². The number of rotatable bonds is 9. The first-order chi connectivity index (χ1) is 16.6. The smallest absolute Gasteiger partial charge is 0.163 e. The van der Waals surface area contributed by atoms with Crippen molar-refractivity contribution < 1.29 is 9.47 Å². The normalized spacial score (nSPS) is 19.8. The molecule has 186 valence electrons. The fraction of sp³-hybridized carbons (Fsp3) is 0.679. The molecule has 0 bridgehead atoms. The first-order valence-electron chi connectivity index (χ1n) is 13.5. The van der Waals surface area contributed by atoms with Crippen molar-refractivity contribution in [3.8, 4) is 11.5 Å². The lowest BCUT2D eigenvalue weighted by Gasteiger charge is -2.35. The zero-order valence-electron chi connectivity index (χ0n) is 21.4. The van der Waals surface area contributed by atoms with E-state index in [0.717, 1.165) is 42.8 Å². The van der Waals surface area contributed by atoms with Crippen molar-refractivity contribution in [3.05, 3.63) is 23.4 Å². The maximum absolute atomic E-state index is 6.22. The van der Waals surface area contributed by atoms with Gasteiger partial charge in [0.2, 0.25) is 0 Å². The molecule has 6 heteroatoms. The van der Waals surface area contributed by atoms with Crippen LogP contribution in [0.3, 0.4) is 0 Å². The number of likely N-dealkylation sites (tertiary alicyclic amines) is 2. The lowest BCUT2D eigenvalue weighted by atomic mass is 10.0. The standard InChI is InChI=1S/C28H42N4O2/c1-20(2)32-15-10-21(11-16-32)29-28-22-8-6-9-24(22)30-25-19-27(26(33-3)18-23(25)28)34-17-7-14-31-12-4-5-13-31/h18-21H,4-17H2,1-3H3,(H,29,30). The molecule has 0 amide bonds. The molecule has 2 fully saturated rings. The minimum atomic E-state index is 0.512. The van der Waals surface area contributed by atoms with Gasteiger partial charge in [-0.1, -0.05) is 0 Å². The van der Waals surface area contributed by atoms with Crippen molar-refractivity contribution in [2.24, 2.45) is 0 Å². The Labute approximate surface area is 205 Å². The predicted molar refractivity (Wildman–Crippen MR) is 139 cm³/mol. The summed E-state index contributed by atoms with van der Waals surface area (Å²) < 4.78 is 12.0. The number of nitrogens with zero attached hydrogens (tertiary/aromatic N) is 3. The Kier molecular flexibility index (Phi) is 7.45. The van der Waals surface area contributed by atoms with Crippen LogP contribution in [0.1, 0.15) is 63.6 Å². The van der Waals surface area contributed by atoms with Crippen LogP contribution in [0.25, 0.3) is 10.9 Å². The third-order valence-electron chi connectivity index (χ3n) is 7.98. The average Bonchev–Trinajstić information content (AvgIpc) is 3.53. The first kappa shape index (κ1) is 23.7. The zero-order valence-corrected chi connectivity index (χ0v) is 21.4. The number of aromatic nitrogens is 1. The van der Waals surface area contributed by atoms with Crippen molar-refractivity contribution in [2.45, 2.75) is 77.3 Å². The highest BCUT2D eigenvalue weighted by Crippen LogP contribution is 2.40. The highest BCUT2D eigenvalue weighted by molar-refractivity contribution is 5.96. The molecule has 2 saturated heterocycles. The molecular formula is C28H42N4O2. The molecule has 1 aromatic carbocycles. The molecule has 6 nitrogen and oxygen atoms in total. The van der Waals surface area contributed by atoms with Crippen LogP contribution in [0.4, 0.5) is 5.69 Å². The Bertz CT molecular complexity index is 978. The van der Waals surface area contributed by atoms with Gasteiger partial charge in [0.05, 0.1) is 19.2 Å². The summed E-state index contributed by atoms with van der Waals surface area (Å²) in [6.45, 7) is 11.2. The van der Waals surface area contributed by atoms with Crippen LogP contribution in [-0.2, 0) is 12.8 Å². The van der Waals surface area contributed by atoms with Crippen LogP contribution in [0.5, 0.6) is 11.5 Å². The molecule has 0 unspecified atom stereocenters. The minimum Gasteiger partial charge on any atom is -0.493 e. The fourth-order valence-electron chi connectivity index (χ4n) is 5.95. The lowest BCUT2D eigenvalue weighted by molar-refractivity contribution is 0.177. The molecule has 5 rings (SSSR count). The number of aryl methyl sites for hydroxylation is 1. The van der Waals surface area contributed by atoms with Gasteiger partial charge >= 0.3 is 0 Å². The monoisotopic (exact) mass is 466 g/mol. The van der Waals surface area contributed by atoms with E-state index >= 15 is 0 Å². The lowest BCUT2D eigenvalue weighted by Crippen LogP contribution is -2.42. The van der Waals surface area contributed by atoms with Gasteiger partial charge in [-0.05, 0) is 89.9 Å². The molecule has 2 aromatic rings. The number of hydrogen-bond acceptors (Lipinski definition) is 6. The largest absolute Gasteiger partial charge is 0.493 e. The van der Waals surface area contributed by atoms with Crippen molar-refractivity contribution in [1.82, 2.24) is 14.8 Å². The number of ether oxygens (including phenoxy) is 2. The summed E-state index contributed by atoms with van der Waals surface area (Å²) in [5, 5.41) is 5.14. The van der Waals surface area contributed by atoms with E-state index in [1.807, 2.05) is 0 Å². The number of piperidine rings is 1. The van der Waals surface area contributed by atoms with E-state index in [4.69, 9.17) is 14.5 Å². The summed E-state index contributed by atoms with van der Waals surface area (Å²) in [5.74, 6) is 1.63. The SMILES string of the molecule is COc1cc2c(NC3CCN(C(C)C)CC3)c3c(nc2cc1OCCCN1CCCC1)CCC3. The number of fused-ring (bicyclic) bond motifs is 2. The van der Waals surface area contributed by atoms with Gasteiger partial charge in [0.25, 0.3) is 0 Å². The third kappa shape index (κ3) is 5.13. The Balaban J connectivity index is 1.35. The van der Waals surface area contributed by atoms with Crippen LogP contribution in [0, 0.1) is 0 Å². The summed E-state index contributed by atoms with van der Waals surface area (Å²) in [5.41, 5.74) is 5.00. The number of methoxy groups -OCH3 is 1. The summed E-state index contributed by atoms with van der Waals surface area (Å²) in [6, 6.07) is 5.40. The maximum atomic E-state index is 6.22. The maximum Gasteiger partial charge on any atom is 0.163 e. The molecule has 2 aliphatic heterocycles. The third-order valence-corrected chi connectivity index (χ3v) is 7.98. The van der Waals surface area contributed by atoms with Crippen molar-refractivity contribution in [3.63, 3.8) is 0 Å². The predicted octanol–water partition coefficient (Wildman–Crippen LogP) is 4.88. The summed E-state index contributed by atoms with van der Waals surface area (Å²) >= 11 is 0. The molecule has 3 aliphatic rings. The van der Waals surface area contributed by atoms with E-state index in [-0.39, 0.29) is 0 Å². The molecule has 34 heavy (non-hydrogen) atoms. The van der Waals surface area contributed by atoms with Crippen molar-refractivity contribution in [2.75, 3.05) is 51.8 Å². The summed E-state index contributed by atoms with van der Waals surface area (Å²) in [6.07, 6.45) is 9.46. The molecule has 0 atom stereocenters. The molecule has 1 aromatic heterocycles. The zero-order chi connectivity index (χ0) is 23.5. The van der Waals surface area contributed by atoms with E-state index in [0.29, 0.717) is 18.7 Å².